The molecule has 0 unspecified atom stereocenters. The minimum absolute atomic E-state index is 0.303. The van der Waals surface area contributed by atoms with Gasteiger partial charge in [0.1, 0.15) is 11.6 Å². The zero-order valence-corrected chi connectivity index (χ0v) is 13.7. The minimum atomic E-state index is -0.303. The smallest absolute Gasteiger partial charge is 0.184 e. The van der Waals surface area contributed by atoms with E-state index in [0.717, 1.165) is 22.0 Å². The third-order valence-electron chi connectivity index (χ3n) is 4.25. The summed E-state index contributed by atoms with van der Waals surface area (Å²) in [4.78, 5) is 0. The standard InChI is InChI=1S/C18H17FN4O2/c1-24-14-8-12-11(15(20)17(14)25-2)7-13-16(12)22-23-18(13)21-10-5-3-4-9(19)6-10/h3-8,21-23H,20H2,1-2H3. The maximum absolute atomic E-state index is 13.4. The van der Waals surface area contributed by atoms with Crippen molar-refractivity contribution in [2.45, 2.75) is 0 Å². The lowest BCUT2D eigenvalue weighted by Gasteiger charge is -2.11. The molecule has 0 bridgehead atoms. The van der Waals surface area contributed by atoms with Gasteiger partial charge < -0.3 is 20.5 Å². The number of hydrogen-bond acceptors (Lipinski definition) is 4. The molecule has 0 aromatic heterocycles. The SMILES string of the molecule is COc1cc2c3[nH][nH]c(Nc4cccc(F)c4)c-3cc2c(N)c1OC. The molecule has 0 amide bonds. The molecular formula is C18H17FN4O2. The van der Waals surface area contributed by atoms with Crippen LogP contribution in [-0.2, 0) is 0 Å². The molecular weight excluding hydrogens is 323 g/mol. The summed E-state index contributed by atoms with van der Waals surface area (Å²) in [6, 6.07) is 10.1. The Kier molecular flexibility index (Phi) is 3.42. The fraction of sp³-hybridized carbons (Fsp3) is 0.111. The first-order valence-electron chi connectivity index (χ1n) is 7.68. The van der Waals surface area contributed by atoms with Crippen LogP contribution in [0.1, 0.15) is 0 Å². The Labute approximate surface area is 143 Å². The molecule has 2 aromatic carbocycles. The lowest BCUT2D eigenvalue weighted by Crippen LogP contribution is -1.96. The zero-order valence-electron chi connectivity index (χ0n) is 13.7. The first-order chi connectivity index (χ1) is 12.1. The van der Waals surface area contributed by atoms with Crippen molar-refractivity contribution in [1.29, 1.82) is 0 Å². The van der Waals surface area contributed by atoms with Crippen LogP contribution in [0, 0.1) is 5.82 Å². The van der Waals surface area contributed by atoms with E-state index in [9.17, 15) is 4.39 Å². The number of nitrogens with one attached hydrogen (secondary N) is 3. The molecule has 0 radical (unpaired) electrons. The summed E-state index contributed by atoms with van der Waals surface area (Å²) >= 11 is 0. The average molecular weight is 340 g/mol. The van der Waals surface area contributed by atoms with E-state index >= 15 is 0 Å². The number of halogens is 1. The molecule has 2 aromatic rings. The monoisotopic (exact) mass is 340 g/mol. The summed E-state index contributed by atoms with van der Waals surface area (Å²) in [6.07, 6.45) is 0. The predicted octanol–water partition coefficient (Wildman–Crippen LogP) is 4.08. The highest BCUT2D eigenvalue weighted by Crippen LogP contribution is 2.47. The zero-order chi connectivity index (χ0) is 17.6. The number of hydrogen-bond donors (Lipinski definition) is 4. The summed E-state index contributed by atoms with van der Waals surface area (Å²) in [7, 11) is 3.13. The van der Waals surface area contributed by atoms with Crippen molar-refractivity contribution in [2.75, 3.05) is 25.3 Å². The van der Waals surface area contributed by atoms with Gasteiger partial charge >= 0.3 is 0 Å². The molecule has 25 heavy (non-hydrogen) atoms. The molecule has 128 valence electrons. The van der Waals surface area contributed by atoms with Crippen LogP contribution in [0.25, 0.3) is 22.0 Å². The van der Waals surface area contributed by atoms with Crippen molar-refractivity contribution < 1.29 is 13.9 Å². The number of nitrogens with two attached hydrogens (primary N) is 1. The number of ether oxygens (including phenoxy) is 2. The summed E-state index contributed by atoms with van der Waals surface area (Å²) in [5.74, 6) is 1.48. The second-order valence-electron chi connectivity index (χ2n) is 5.68. The largest absolute Gasteiger partial charge is 0.493 e. The first kappa shape index (κ1) is 15.2. The number of aromatic amines is 2. The van der Waals surface area contributed by atoms with Crippen LogP contribution in [0.15, 0.2) is 36.4 Å². The van der Waals surface area contributed by atoms with E-state index < -0.39 is 0 Å². The van der Waals surface area contributed by atoms with Gasteiger partial charge in [0, 0.05) is 22.0 Å². The highest BCUT2D eigenvalue weighted by molar-refractivity contribution is 6.11. The molecule has 2 aliphatic rings. The van der Waals surface area contributed by atoms with Crippen LogP contribution >= 0.6 is 0 Å². The first-order valence-corrected chi connectivity index (χ1v) is 7.68. The predicted molar refractivity (Wildman–Crippen MR) is 96.5 cm³/mol. The van der Waals surface area contributed by atoms with Crippen LogP contribution in [0.2, 0.25) is 0 Å². The van der Waals surface area contributed by atoms with Crippen molar-refractivity contribution in [1.82, 2.24) is 10.2 Å². The summed E-state index contributed by atoms with van der Waals surface area (Å²) in [5, 5.41) is 11.1. The molecule has 1 aliphatic heterocycles. The van der Waals surface area contributed by atoms with Gasteiger partial charge in [-0.15, -0.1) is 0 Å². The average Bonchev–Trinajstić information content (AvgIpc) is 3.15. The maximum Gasteiger partial charge on any atom is 0.184 e. The Morgan fingerprint density at radius 3 is 2.60 bits per heavy atom. The summed E-state index contributed by atoms with van der Waals surface area (Å²) in [5.41, 5.74) is 9.19. The van der Waals surface area contributed by atoms with Gasteiger partial charge in [-0.05, 0) is 30.3 Å². The molecule has 4 rings (SSSR count). The molecule has 0 saturated heterocycles. The molecule has 0 spiro atoms. The van der Waals surface area contributed by atoms with Gasteiger partial charge in [0.05, 0.1) is 25.6 Å². The Balaban J connectivity index is 1.85. The van der Waals surface area contributed by atoms with E-state index in [1.807, 2.05) is 12.1 Å². The third-order valence-corrected chi connectivity index (χ3v) is 4.25. The lowest BCUT2D eigenvalue weighted by atomic mass is 10.1. The molecule has 1 heterocycles. The van der Waals surface area contributed by atoms with Gasteiger partial charge in [-0.2, -0.15) is 0 Å². The molecule has 1 aliphatic carbocycles. The summed E-state index contributed by atoms with van der Waals surface area (Å²) < 4.78 is 24.1. The number of nitrogen functional groups attached to an aromatic ring is 1. The maximum atomic E-state index is 13.4. The summed E-state index contributed by atoms with van der Waals surface area (Å²) in [6.45, 7) is 0. The van der Waals surface area contributed by atoms with E-state index in [-0.39, 0.29) is 5.82 Å². The van der Waals surface area contributed by atoms with E-state index in [1.54, 1.807) is 26.4 Å². The van der Waals surface area contributed by atoms with Crippen molar-refractivity contribution in [3.8, 4) is 22.8 Å². The highest BCUT2D eigenvalue weighted by Gasteiger charge is 2.22. The second-order valence-corrected chi connectivity index (χ2v) is 5.68. The van der Waals surface area contributed by atoms with Crippen LogP contribution in [0.5, 0.6) is 11.5 Å². The van der Waals surface area contributed by atoms with Gasteiger partial charge in [-0.1, -0.05) is 6.07 Å². The topological polar surface area (TPSA) is 88.1 Å². The Bertz CT molecular complexity index is 1040. The van der Waals surface area contributed by atoms with Crippen molar-refractivity contribution in [2.24, 2.45) is 0 Å². The molecule has 5 N–H and O–H groups in total. The van der Waals surface area contributed by atoms with Crippen LogP contribution in [-0.4, -0.2) is 24.4 Å². The Hall–Kier alpha value is -3.35. The number of rotatable bonds is 4. The van der Waals surface area contributed by atoms with Crippen molar-refractivity contribution in [3.63, 3.8) is 0 Å². The van der Waals surface area contributed by atoms with Gasteiger partial charge in [-0.3, -0.25) is 10.2 Å². The number of benzene rings is 2. The number of methoxy groups -OCH3 is 2. The Morgan fingerprint density at radius 1 is 1.04 bits per heavy atom. The number of fused-ring (bicyclic) bond motifs is 3. The van der Waals surface area contributed by atoms with Crippen molar-refractivity contribution in [3.05, 3.63) is 42.2 Å². The van der Waals surface area contributed by atoms with E-state index in [1.165, 1.54) is 12.1 Å². The third kappa shape index (κ3) is 2.32. The van der Waals surface area contributed by atoms with Gasteiger partial charge in [0.25, 0.3) is 0 Å². The Morgan fingerprint density at radius 2 is 1.88 bits per heavy atom. The quantitative estimate of drug-likeness (QED) is 0.422. The number of H-pyrrole nitrogens is 2. The molecule has 0 fully saturated rings. The van der Waals surface area contributed by atoms with Crippen LogP contribution in [0.3, 0.4) is 0 Å². The fourth-order valence-corrected chi connectivity index (χ4v) is 3.09. The fourth-order valence-electron chi connectivity index (χ4n) is 3.09. The van der Waals surface area contributed by atoms with Crippen LogP contribution in [0.4, 0.5) is 21.6 Å². The number of aromatic nitrogens is 2. The van der Waals surface area contributed by atoms with Crippen molar-refractivity contribution >= 4 is 28.0 Å². The minimum Gasteiger partial charge on any atom is -0.493 e. The van der Waals surface area contributed by atoms with Crippen LogP contribution < -0.4 is 20.5 Å². The molecule has 6 nitrogen and oxygen atoms in total. The second kappa shape index (κ2) is 5.62. The van der Waals surface area contributed by atoms with Gasteiger partial charge in [-0.25, -0.2) is 4.39 Å². The van der Waals surface area contributed by atoms with Gasteiger partial charge in [0.15, 0.2) is 11.5 Å². The number of anilines is 3. The molecule has 0 saturated carbocycles. The normalized spacial score (nSPS) is 11.2. The van der Waals surface area contributed by atoms with E-state index in [2.05, 4.69) is 15.5 Å². The van der Waals surface area contributed by atoms with E-state index in [4.69, 9.17) is 15.2 Å². The highest BCUT2D eigenvalue weighted by atomic mass is 19.1. The van der Waals surface area contributed by atoms with Gasteiger partial charge in [0.2, 0.25) is 0 Å². The van der Waals surface area contributed by atoms with E-state index in [0.29, 0.717) is 28.7 Å². The molecule has 7 heteroatoms. The molecule has 0 atom stereocenters. The lowest BCUT2D eigenvalue weighted by molar-refractivity contribution is 0.357.